The van der Waals surface area contributed by atoms with Crippen LogP contribution in [0.25, 0.3) is 0 Å². The highest BCUT2D eigenvalue weighted by Crippen LogP contribution is 2.47. The molecule has 3 heteroatoms. The minimum atomic E-state index is -0.0543. The lowest BCUT2D eigenvalue weighted by atomic mass is 9.65. The van der Waals surface area contributed by atoms with Crippen molar-refractivity contribution in [2.45, 2.75) is 52.4 Å². The smallest absolute Gasteiger partial charge is 0.126 e. The van der Waals surface area contributed by atoms with Gasteiger partial charge in [0.05, 0.1) is 0 Å². The molecule has 2 atom stereocenters. The van der Waals surface area contributed by atoms with Gasteiger partial charge in [0.25, 0.3) is 0 Å². The highest BCUT2D eigenvalue weighted by atomic mass is 79.9. The molecule has 2 rings (SSSR count). The second-order valence-electron chi connectivity index (χ2n) is 7.14. The van der Waals surface area contributed by atoms with Gasteiger partial charge in [-0.15, -0.1) is 0 Å². The van der Waals surface area contributed by atoms with Gasteiger partial charge < -0.3 is 5.32 Å². The molecule has 0 saturated heterocycles. The fourth-order valence-electron chi connectivity index (χ4n) is 3.51. The topological polar surface area (TPSA) is 12.0 Å². The van der Waals surface area contributed by atoms with Crippen LogP contribution in [0.15, 0.2) is 22.7 Å². The van der Waals surface area contributed by atoms with E-state index in [0.29, 0.717) is 17.3 Å². The average molecular weight is 356 g/mol. The number of hydrogen-bond acceptors (Lipinski definition) is 1. The van der Waals surface area contributed by atoms with Crippen LogP contribution < -0.4 is 5.32 Å². The van der Waals surface area contributed by atoms with E-state index in [1.165, 1.54) is 12.8 Å². The highest BCUT2D eigenvalue weighted by Gasteiger charge is 2.36. The lowest BCUT2D eigenvalue weighted by Gasteiger charge is -2.41. The van der Waals surface area contributed by atoms with Gasteiger partial charge in [0, 0.05) is 4.47 Å². The van der Waals surface area contributed by atoms with Crippen molar-refractivity contribution in [3.05, 3.63) is 34.1 Å². The summed E-state index contributed by atoms with van der Waals surface area (Å²) in [6.45, 7) is 8.85. The SMILES string of the molecule is CCCNCC1CCC(C)(C)CC1c1cc(Br)ccc1F. The van der Waals surface area contributed by atoms with Crippen molar-refractivity contribution >= 4 is 15.9 Å². The van der Waals surface area contributed by atoms with Crippen molar-refractivity contribution in [2.24, 2.45) is 11.3 Å². The van der Waals surface area contributed by atoms with E-state index < -0.39 is 0 Å². The van der Waals surface area contributed by atoms with Crippen molar-refractivity contribution in [2.75, 3.05) is 13.1 Å². The molecule has 0 amide bonds. The zero-order valence-electron chi connectivity index (χ0n) is 13.4. The summed E-state index contributed by atoms with van der Waals surface area (Å²) in [5.41, 5.74) is 1.20. The Morgan fingerprint density at radius 3 is 2.86 bits per heavy atom. The van der Waals surface area contributed by atoms with Crippen molar-refractivity contribution in [1.29, 1.82) is 0 Å². The lowest BCUT2D eigenvalue weighted by Crippen LogP contribution is -2.35. The van der Waals surface area contributed by atoms with Gasteiger partial charge in [-0.05, 0) is 79.8 Å². The molecule has 0 heterocycles. The van der Waals surface area contributed by atoms with Crippen molar-refractivity contribution < 1.29 is 4.39 Å². The van der Waals surface area contributed by atoms with Crippen LogP contribution in [0, 0.1) is 17.2 Å². The van der Waals surface area contributed by atoms with E-state index in [9.17, 15) is 4.39 Å². The molecule has 1 aromatic rings. The molecule has 1 N–H and O–H groups in total. The molecule has 0 bridgehead atoms. The molecule has 0 aliphatic heterocycles. The molecule has 21 heavy (non-hydrogen) atoms. The first-order valence-electron chi connectivity index (χ1n) is 8.08. The van der Waals surface area contributed by atoms with E-state index in [1.807, 2.05) is 6.07 Å². The minimum absolute atomic E-state index is 0.0543. The molecular formula is C18H27BrFN. The first kappa shape index (κ1) is 17.0. The van der Waals surface area contributed by atoms with Crippen LogP contribution in [-0.4, -0.2) is 13.1 Å². The Hall–Kier alpha value is -0.410. The van der Waals surface area contributed by atoms with Crippen LogP contribution in [-0.2, 0) is 0 Å². The molecule has 1 aromatic carbocycles. The van der Waals surface area contributed by atoms with Crippen molar-refractivity contribution in [3.8, 4) is 0 Å². The molecule has 118 valence electrons. The third kappa shape index (κ3) is 4.53. The number of nitrogens with one attached hydrogen (secondary N) is 1. The molecule has 1 aliphatic rings. The molecule has 0 spiro atoms. The van der Waals surface area contributed by atoms with Crippen LogP contribution in [0.2, 0.25) is 0 Å². The van der Waals surface area contributed by atoms with Crippen LogP contribution in [0.5, 0.6) is 0 Å². The number of rotatable bonds is 5. The summed E-state index contributed by atoms with van der Waals surface area (Å²) in [5, 5.41) is 3.53. The van der Waals surface area contributed by atoms with Crippen molar-refractivity contribution in [1.82, 2.24) is 5.32 Å². The molecule has 2 unspecified atom stereocenters. The zero-order chi connectivity index (χ0) is 15.5. The molecule has 1 saturated carbocycles. The molecule has 0 radical (unpaired) electrons. The van der Waals surface area contributed by atoms with Crippen LogP contribution in [0.1, 0.15) is 57.9 Å². The third-order valence-electron chi connectivity index (χ3n) is 4.72. The van der Waals surface area contributed by atoms with Gasteiger partial charge in [-0.25, -0.2) is 4.39 Å². The first-order chi connectivity index (χ1) is 9.93. The van der Waals surface area contributed by atoms with Crippen molar-refractivity contribution in [3.63, 3.8) is 0 Å². The fraction of sp³-hybridized carbons (Fsp3) is 0.667. The first-order valence-corrected chi connectivity index (χ1v) is 8.88. The number of halogens is 2. The standard InChI is InChI=1S/C18H27BrFN/c1-4-9-21-12-13-7-8-18(2,3)11-16(13)15-10-14(19)5-6-17(15)20/h5-6,10,13,16,21H,4,7-9,11-12H2,1-3H3. The molecule has 1 aliphatic carbocycles. The maximum Gasteiger partial charge on any atom is 0.126 e. The van der Waals surface area contributed by atoms with E-state index in [-0.39, 0.29) is 5.82 Å². The average Bonchev–Trinajstić information content (AvgIpc) is 2.43. The summed E-state index contributed by atoms with van der Waals surface area (Å²) in [5.74, 6) is 0.797. The van der Waals surface area contributed by atoms with Gasteiger partial charge in [-0.3, -0.25) is 0 Å². The monoisotopic (exact) mass is 355 g/mol. The Labute approximate surface area is 136 Å². The van der Waals surface area contributed by atoms with Crippen LogP contribution >= 0.6 is 15.9 Å². The van der Waals surface area contributed by atoms with E-state index in [4.69, 9.17) is 0 Å². The molecular weight excluding hydrogens is 329 g/mol. The summed E-state index contributed by atoms with van der Waals surface area (Å²) in [4.78, 5) is 0. The zero-order valence-corrected chi connectivity index (χ0v) is 15.0. The van der Waals surface area contributed by atoms with Gasteiger partial charge in [-0.2, -0.15) is 0 Å². The van der Waals surface area contributed by atoms with Gasteiger partial charge in [0.1, 0.15) is 5.82 Å². The molecule has 1 nitrogen and oxygen atoms in total. The van der Waals surface area contributed by atoms with E-state index in [1.54, 1.807) is 12.1 Å². The van der Waals surface area contributed by atoms with E-state index in [0.717, 1.165) is 36.0 Å². The van der Waals surface area contributed by atoms with Gasteiger partial charge >= 0.3 is 0 Å². The fourth-order valence-corrected chi connectivity index (χ4v) is 3.89. The Morgan fingerprint density at radius 2 is 2.14 bits per heavy atom. The predicted molar refractivity (Wildman–Crippen MR) is 91.1 cm³/mol. The second-order valence-corrected chi connectivity index (χ2v) is 8.06. The van der Waals surface area contributed by atoms with Gasteiger partial charge in [0.2, 0.25) is 0 Å². The molecule has 1 fully saturated rings. The Kier molecular flexibility index (Phi) is 5.84. The maximum atomic E-state index is 14.3. The highest BCUT2D eigenvalue weighted by molar-refractivity contribution is 9.10. The summed E-state index contributed by atoms with van der Waals surface area (Å²) < 4.78 is 15.3. The van der Waals surface area contributed by atoms with Crippen LogP contribution in [0.3, 0.4) is 0 Å². The Bertz CT molecular complexity index is 472. The van der Waals surface area contributed by atoms with Crippen LogP contribution in [0.4, 0.5) is 4.39 Å². The second kappa shape index (κ2) is 7.23. The molecule has 0 aromatic heterocycles. The predicted octanol–water partition coefficient (Wildman–Crippen LogP) is 5.50. The number of hydrogen-bond donors (Lipinski definition) is 1. The summed E-state index contributed by atoms with van der Waals surface area (Å²) in [6, 6.07) is 5.36. The summed E-state index contributed by atoms with van der Waals surface area (Å²) in [7, 11) is 0. The third-order valence-corrected chi connectivity index (χ3v) is 5.22. The summed E-state index contributed by atoms with van der Waals surface area (Å²) >= 11 is 3.49. The Morgan fingerprint density at radius 1 is 1.38 bits per heavy atom. The quantitative estimate of drug-likeness (QED) is 0.687. The number of benzene rings is 1. The lowest BCUT2D eigenvalue weighted by molar-refractivity contribution is 0.157. The van der Waals surface area contributed by atoms with E-state index >= 15 is 0 Å². The normalized spacial score (nSPS) is 25.0. The largest absolute Gasteiger partial charge is 0.316 e. The van der Waals surface area contributed by atoms with E-state index in [2.05, 4.69) is 42.0 Å². The summed E-state index contributed by atoms with van der Waals surface area (Å²) in [6.07, 6.45) is 4.63. The maximum absolute atomic E-state index is 14.3. The van der Waals surface area contributed by atoms with Gasteiger partial charge in [-0.1, -0.05) is 36.7 Å². The Balaban J connectivity index is 2.22. The minimum Gasteiger partial charge on any atom is -0.316 e. The van der Waals surface area contributed by atoms with Gasteiger partial charge in [0.15, 0.2) is 0 Å².